The number of fused-ring (bicyclic) bond motifs is 1. The van der Waals surface area contributed by atoms with E-state index in [1.165, 1.54) is 4.57 Å². The molecular formula is C28H27N5O4. The molecule has 37 heavy (non-hydrogen) atoms. The lowest BCUT2D eigenvalue weighted by molar-refractivity contribution is 0.355. The molecule has 0 aliphatic carbocycles. The number of aromatic nitrogens is 2. The zero-order chi connectivity index (χ0) is 26.1. The van der Waals surface area contributed by atoms with Crippen LogP contribution in [0.1, 0.15) is 5.56 Å². The monoisotopic (exact) mass is 497 g/mol. The number of aromatic hydroxyl groups is 1. The summed E-state index contributed by atoms with van der Waals surface area (Å²) in [6.07, 6.45) is 0. The van der Waals surface area contributed by atoms with Crippen molar-refractivity contribution in [2.45, 2.75) is 0 Å². The number of piperazine rings is 1. The van der Waals surface area contributed by atoms with Crippen LogP contribution in [0.5, 0.6) is 17.2 Å². The molecule has 5 rings (SSSR count). The maximum Gasteiger partial charge on any atom is 0.264 e. The number of hydrogen-bond donors (Lipinski definition) is 2. The van der Waals surface area contributed by atoms with Gasteiger partial charge in [0.25, 0.3) is 5.56 Å². The molecule has 9 heteroatoms. The Kier molecular flexibility index (Phi) is 6.42. The molecule has 1 fully saturated rings. The number of rotatable bonds is 5. The fourth-order valence-corrected chi connectivity index (χ4v) is 4.82. The van der Waals surface area contributed by atoms with Crippen LogP contribution in [0.25, 0.3) is 33.3 Å². The SMILES string of the molecule is COc1ccc(-c2cc(-c3c(O)c4ccccc4n(C)c3=O)nc(N3CCNCC3)c2C#N)cc1OC. The third-order valence-corrected chi connectivity index (χ3v) is 6.76. The molecule has 2 aromatic heterocycles. The summed E-state index contributed by atoms with van der Waals surface area (Å²) >= 11 is 0. The number of benzene rings is 2. The molecule has 1 saturated heterocycles. The van der Waals surface area contributed by atoms with Gasteiger partial charge in [0.15, 0.2) is 11.5 Å². The van der Waals surface area contributed by atoms with Crippen LogP contribution in [0, 0.1) is 11.3 Å². The van der Waals surface area contributed by atoms with E-state index in [1.807, 2.05) is 23.1 Å². The van der Waals surface area contributed by atoms with Crippen LogP contribution < -0.4 is 25.2 Å². The predicted octanol–water partition coefficient (Wildman–Crippen LogP) is 3.27. The second-order valence-electron chi connectivity index (χ2n) is 8.78. The molecule has 3 heterocycles. The van der Waals surface area contributed by atoms with Gasteiger partial charge in [-0.25, -0.2) is 4.98 Å². The highest BCUT2D eigenvalue weighted by atomic mass is 16.5. The quantitative estimate of drug-likeness (QED) is 0.432. The van der Waals surface area contributed by atoms with E-state index in [9.17, 15) is 15.2 Å². The fourth-order valence-electron chi connectivity index (χ4n) is 4.82. The summed E-state index contributed by atoms with van der Waals surface area (Å²) in [7, 11) is 4.78. The first kappa shape index (κ1) is 24.2. The van der Waals surface area contributed by atoms with Gasteiger partial charge in [0.2, 0.25) is 0 Å². The van der Waals surface area contributed by atoms with Gasteiger partial charge in [-0.15, -0.1) is 0 Å². The fraction of sp³-hybridized carbons (Fsp3) is 0.250. The van der Waals surface area contributed by atoms with Crippen LogP contribution in [0.2, 0.25) is 0 Å². The minimum Gasteiger partial charge on any atom is -0.506 e. The van der Waals surface area contributed by atoms with Crippen LogP contribution in [0.15, 0.2) is 53.3 Å². The second kappa shape index (κ2) is 9.84. The highest BCUT2D eigenvalue weighted by molar-refractivity contribution is 5.93. The first-order chi connectivity index (χ1) is 18.0. The molecule has 1 aliphatic rings. The van der Waals surface area contributed by atoms with Crippen molar-refractivity contribution >= 4 is 16.7 Å². The molecule has 9 nitrogen and oxygen atoms in total. The highest BCUT2D eigenvalue weighted by Gasteiger charge is 2.25. The summed E-state index contributed by atoms with van der Waals surface area (Å²) in [5.74, 6) is 1.40. The molecule has 0 radical (unpaired) electrons. The molecule has 1 aliphatic heterocycles. The van der Waals surface area contributed by atoms with Gasteiger partial charge in [-0.1, -0.05) is 18.2 Å². The van der Waals surface area contributed by atoms with E-state index in [1.54, 1.807) is 51.6 Å². The second-order valence-corrected chi connectivity index (χ2v) is 8.78. The number of nitrogens with one attached hydrogen (secondary N) is 1. The molecule has 4 aromatic rings. The van der Waals surface area contributed by atoms with Gasteiger partial charge in [-0.2, -0.15) is 5.26 Å². The van der Waals surface area contributed by atoms with Crippen molar-refractivity contribution in [3.05, 3.63) is 64.4 Å². The Morgan fingerprint density at radius 2 is 1.78 bits per heavy atom. The van der Waals surface area contributed by atoms with Crippen LogP contribution in [0.3, 0.4) is 0 Å². The summed E-state index contributed by atoms with van der Waals surface area (Å²) in [6.45, 7) is 2.79. The number of methoxy groups -OCH3 is 2. The number of pyridine rings is 2. The van der Waals surface area contributed by atoms with E-state index in [0.717, 1.165) is 13.1 Å². The number of hydrogen-bond acceptors (Lipinski definition) is 8. The van der Waals surface area contributed by atoms with Gasteiger partial charge in [0.1, 0.15) is 28.8 Å². The molecule has 2 aromatic carbocycles. The van der Waals surface area contributed by atoms with Crippen molar-refractivity contribution in [3.8, 4) is 45.7 Å². The number of nitrogens with zero attached hydrogens (tertiary/aromatic N) is 4. The van der Waals surface area contributed by atoms with E-state index >= 15 is 0 Å². The first-order valence-electron chi connectivity index (χ1n) is 11.9. The molecule has 0 spiro atoms. The Labute approximate surface area is 214 Å². The van der Waals surface area contributed by atoms with E-state index in [-0.39, 0.29) is 16.9 Å². The van der Waals surface area contributed by atoms with Crippen molar-refractivity contribution in [3.63, 3.8) is 0 Å². The topological polar surface area (TPSA) is 113 Å². The molecule has 0 saturated carbocycles. The average molecular weight is 498 g/mol. The lowest BCUT2D eigenvalue weighted by atomic mass is 9.97. The van der Waals surface area contributed by atoms with E-state index < -0.39 is 0 Å². The van der Waals surface area contributed by atoms with E-state index in [2.05, 4.69) is 11.4 Å². The minimum absolute atomic E-state index is 0.0869. The molecule has 0 unspecified atom stereocenters. The lowest BCUT2D eigenvalue weighted by Gasteiger charge is -2.30. The minimum atomic E-state index is -0.377. The molecule has 188 valence electrons. The van der Waals surface area contributed by atoms with Crippen molar-refractivity contribution < 1.29 is 14.6 Å². The standard InChI is InChI=1S/C28H27N5O4/c1-32-22-7-5-4-6-18(22)26(34)25(28(32)35)21-15-19(17-8-9-23(36-2)24(14-17)37-3)20(16-29)27(31-21)33-12-10-30-11-13-33/h4-9,14-15,30,34H,10-13H2,1-3H3. The number of nitriles is 1. The van der Waals surface area contributed by atoms with Crippen molar-refractivity contribution in [2.24, 2.45) is 7.05 Å². The first-order valence-corrected chi connectivity index (χ1v) is 11.9. The zero-order valence-electron chi connectivity index (χ0n) is 20.9. The highest BCUT2D eigenvalue weighted by Crippen LogP contribution is 2.40. The number of ether oxygens (including phenoxy) is 2. The maximum atomic E-state index is 13.5. The molecule has 0 bridgehead atoms. The predicted molar refractivity (Wildman–Crippen MR) is 142 cm³/mol. The third kappa shape index (κ3) is 4.11. The van der Waals surface area contributed by atoms with E-state index in [4.69, 9.17) is 14.5 Å². The van der Waals surface area contributed by atoms with Crippen LogP contribution >= 0.6 is 0 Å². The molecule has 2 N–H and O–H groups in total. The summed E-state index contributed by atoms with van der Waals surface area (Å²) in [6, 6.07) is 16.6. The Morgan fingerprint density at radius 3 is 2.49 bits per heavy atom. The molecular weight excluding hydrogens is 470 g/mol. The Bertz CT molecular complexity index is 1600. The Hall–Kier alpha value is -4.55. The van der Waals surface area contributed by atoms with Gasteiger partial charge >= 0.3 is 0 Å². The Balaban J connectivity index is 1.83. The van der Waals surface area contributed by atoms with Gasteiger partial charge in [0, 0.05) is 44.2 Å². The summed E-state index contributed by atoms with van der Waals surface area (Å²) in [4.78, 5) is 20.4. The van der Waals surface area contributed by atoms with Crippen molar-refractivity contribution in [1.29, 1.82) is 5.26 Å². The average Bonchev–Trinajstić information content (AvgIpc) is 2.95. The van der Waals surface area contributed by atoms with E-state index in [0.29, 0.717) is 63.7 Å². The van der Waals surface area contributed by atoms with Gasteiger partial charge in [0.05, 0.1) is 25.4 Å². The number of aryl methyl sites for hydroxylation is 1. The largest absolute Gasteiger partial charge is 0.506 e. The van der Waals surface area contributed by atoms with Crippen molar-refractivity contribution in [1.82, 2.24) is 14.9 Å². The van der Waals surface area contributed by atoms with Crippen LogP contribution in [0.4, 0.5) is 5.82 Å². The van der Waals surface area contributed by atoms with Gasteiger partial charge in [-0.3, -0.25) is 4.79 Å². The normalized spacial score (nSPS) is 13.4. The smallest absolute Gasteiger partial charge is 0.264 e. The molecule has 0 atom stereocenters. The third-order valence-electron chi connectivity index (χ3n) is 6.76. The summed E-state index contributed by atoms with van der Waals surface area (Å²) in [5.41, 5.74) is 2.28. The summed E-state index contributed by atoms with van der Waals surface area (Å²) in [5, 5.41) is 25.4. The number of anilines is 1. The van der Waals surface area contributed by atoms with Crippen molar-refractivity contribution in [2.75, 3.05) is 45.3 Å². The lowest BCUT2D eigenvalue weighted by Crippen LogP contribution is -2.44. The van der Waals surface area contributed by atoms with Gasteiger partial charge < -0.3 is 29.4 Å². The Morgan fingerprint density at radius 1 is 1.05 bits per heavy atom. The van der Waals surface area contributed by atoms with Gasteiger partial charge in [-0.05, 0) is 35.9 Å². The van der Waals surface area contributed by atoms with Crippen LogP contribution in [-0.2, 0) is 7.05 Å². The summed E-state index contributed by atoms with van der Waals surface area (Å²) < 4.78 is 12.4. The number of para-hydroxylation sites is 1. The zero-order valence-corrected chi connectivity index (χ0v) is 20.9. The molecule has 0 amide bonds. The maximum absolute atomic E-state index is 13.5. The van der Waals surface area contributed by atoms with Crippen LogP contribution in [-0.4, -0.2) is 55.1 Å².